The van der Waals surface area contributed by atoms with Gasteiger partial charge in [0.15, 0.2) is 0 Å². The molecule has 4 heteroatoms. The topological polar surface area (TPSA) is 55.6 Å². The van der Waals surface area contributed by atoms with Gasteiger partial charge in [-0.05, 0) is 51.2 Å². The average Bonchev–Trinajstić information content (AvgIpc) is 2.98. The number of hydrogen-bond acceptors (Lipinski definition) is 4. The molecule has 1 aliphatic rings. The molecule has 0 bridgehead atoms. The summed E-state index contributed by atoms with van der Waals surface area (Å²) in [5, 5.41) is 0. The number of ether oxygens (including phenoxy) is 1. The summed E-state index contributed by atoms with van der Waals surface area (Å²) in [6, 6.07) is 0. The number of nitrogens with zero attached hydrogens (tertiary/aromatic N) is 1. The maximum Gasteiger partial charge on any atom is 0.305 e. The lowest BCUT2D eigenvalue weighted by atomic mass is 10.0. The number of hydrogen-bond donors (Lipinski definition) is 1. The zero-order valence-corrected chi connectivity index (χ0v) is 10.5. The molecule has 16 heavy (non-hydrogen) atoms. The lowest BCUT2D eigenvalue weighted by molar-refractivity contribution is -0.140. The van der Waals surface area contributed by atoms with E-state index in [1.54, 1.807) is 0 Å². The van der Waals surface area contributed by atoms with Crippen LogP contribution in [0, 0.1) is 5.41 Å². The first-order valence-electron chi connectivity index (χ1n) is 6.07. The highest BCUT2D eigenvalue weighted by Gasteiger charge is 2.42. The highest BCUT2D eigenvalue weighted by molar-refractivity contribution is 5.69. The summed E-state index contributed by atoms with van der Waals surface area (Å²) in [5.74, 6) is -0.114. The van der Waals surface area contributed by atoms with Crippen LogP contribution in [0.3, 0.4) is 0 Å². The third-order valence-corrected chi connectivity index (χ3v) is 3.39. The molecule has 0 amide bonds. The quantitative estimate of drug-likeness (QED) is 0.630. The molecule has 0 radical (unpaired) electrons. The maximum absolute atomic E-state index is 10.9. The van der Waals surface area contributed by atoms with E-state index in [4.69, 9.17) is 5.73 Å². The Labute approximate surface area is 98.1 Å². The third-order valence-electron chi connectivity index (χ3n) is 3.39. The van der Waals surface area contributed by atoms with Crippen molar-refractivity contribution in [3.8, 4) is 0 Å². The minimum absolute atomic E-state index is 0.114. The Hall–Kier alpha value is -0.610. The molecule has 4 nitrogen and oxygen atoms in total. The second-order valence-corrected chi connectivity index (χ2v) is 4.96. The van der Waals surface area contributed by atoms with Gasteiger partial charge in [-0.1, -0.05) is 0 Å². The Morgan fingerprint density at radius 2 is 2.19 bits per heavy atom. The van der Waals surface area contributed by atoms with Crippen molar-refractivity contribution in [2.24, 2.45) is 11.1 Å². The maximum atomic E-state index is 10.9. The van der Waals surface area contributed by atoms with Gasteiger partial charge >= 0.3 is 5.97 Å². The molecule has 0 aromatic carbocycles. The molecule has 94 valence electrons. The number of esters is 1. The summed E-state index contributed by atoms with van der Waals surface area (Å²) in [6.07, 6.45) is 5.15. The van der Waals surface area contributed by atoms with Crippen LogP contribution in [0.4, 0.5) is 0 Å². The summed E-state index contributed by atoms with van der Waals surface area (Å²) in [4.78, 5) is 13.2. The van der Waals surface area contributed by atoms with E-state index >= 15 is 0 Å². The highest BCUT2D eigenvalue weighted by Crippen LogP contribution is 2.48. The molecule has 2 N–H and O–H groups in total. The van der Waals surface area contributed by atoms with Crippen LogP contribution in [0.25, 0.3) is 0 Å². The highest BCUT2D eigenvalue weighted by atomic mass is 16.5. The molecule has 0 unspecified atom stereocenters. The van der Waals surface area contributed by atoms with E-state index in [1.807, 2.05) is 0 Å². The van der Waals surface area contributed by atoms with Crippen LogP contribution >= 0.6 is 0 Å². The van der Waals surface area contributed by atoms with E-state index in [0.29, 0.717) is 11.8 Å². The van der Waals surface area contributed by atoms with E-state index in [2.05, 4.69) is 16.7 Å². The predicted octanol–water partition coefficient (Wildman–Crippen LogP) is 1.00. The Kier molecular flexibility index (Phi) is 5.22. The zero-order chi connectivity index (χ0) is 12.0. The van der Waals surface area contributed by atoms with E-state index in [0.717, 1.165) is 32.5 Å². The summed E-state index contributed by atoms with van der Waals surface area (Å²) in [7, 11) is 3.56. The van der Waals surface area contributed by atoms with Gasteiger partial charge in [-0.25, -0.2) is 0 Å². The van der Waals surface area contributed by atoms with Gasteiger partial charge < -0.3 is 15.4 Å². The van der Waals surface area contributed by atoms with Gasteiger partial charge in [-0.15, -0.1) is 0 Å². The smallest absolute Gasteiger partial charge is 0.305 e. The van der Waals surface area contributed by atoms with E-state index in [1.165, 1.54) is 20.0 Å². The molecule has 1 saturated carbocycles. The predicted molar refractivity (Wildman–Crippen MR) is 64.1 cm³/mol. The molecule has 0 spiro atoms. The van der Waals surface area contributed by atoms with E-state index < -0.39 is 0 Å². The molecular weight excluding hydrogens is 204 g/mol. The molecule has 1 fully saturated rings. The van der Waals surface area contributed by atoms with Crippen molar-refractivity contribution in [2.75, 3.05) is 33.8 Å². The van der Waals surface area contributed by atoms with Crippen LogP contribution in [0.2, 0.25) is 0 Å². The van der Waals surface area contributed by atoms with Gasteiger partial charge in [0.2, 0.25) is 0 Å². The SMILES string of the molecule is COC(=O)CCCN(C)CC1(CCN)CC1. The standard InChI is InChI=1S/C12H24N2O2/c1-14(9-3-4-11(15)16-2)10-12(5-6-12)7-8-13/h3-10,13H2,1-2H3. The summed E-state index contributed by atoms with van der Waals surface area (Å²) in [5.41, 5.74) is 6.10. The van der Waals surface area contributed by atoms with Crippen LogP contribution in [0.15, 0.2) is 0 Å². The molecule has 0 saturated heterocycles. The largest absolute Gasteiger partial charge is 0.469 e. The van der Waals surface area contributed by atoms with Crippen LogP contribution in [-0.2, 0) is 9.53 Å². The molecule has 1 rings (SSSR count). The van der Waals surface area contributed by atoms with Crippen molar-refractivity contribution in [3.05, 3.63) is 0 Å². The van der Waals surface area contributed by atoms with Crippen molar-refractivity contribution in [1.82, 2.24) is 4.90 Å². The first-order chi connectivity index (χ1) is 7.62. The summed E-state index contributed by atoms with van der Waals surface area (Å²) >= 11 is 0. The fourth-order valence-corrected chi connectivity index (χ4v) is 2.22. The number of nitrogens with two attached hydrogens (primary N) is 1. The molecule has 0 aromatic rings. The van der Waals surface area contributed by atoms with Gasteiger partial charge in [0.1, 0.15) is 0 Å². The number of rotatable bonds is 8. The third kappa shape index (κ3) is 4.49. The second-order valence-electron chi connectivity index (χ2n) is 4.96. The van der Waals surface area contributed by atoms with Gasteiger partial charge in [0, 0.05) is 13.0 Å². The minimum Gasteiger partial charge on any atom is -0.469 e. The van der Waals surface area contributed by atoms with Crippen LogP contribution in [0.5, 0.6) is 0 Å². The van der Waals surface area contributed by atoms with Crippen LogP contribution < -0.4 is 5.73 Å². The van der Waals surface area contributed by atoms with Crippen molar-refractivity contribution in [2.45, 2.75) is 32.1 Å². The van der Waals surface area contributed by atoms with Gasteiger partial charge in [0.05, 0.1) is 7.11 Å². The van der Waals surface area contributed by atoms with Crippen molar-refractivity contribution >= 4 is 5.97 Å². The normalized spacial score (nSPS) is 17.5. The zero-order valence-electron chi connectivity index (χ0n) is 10.5. The van der Waals surface area contributed by atoms with Crippen LogP contribution in [-0.4, -0.2) is 44.7 Å². The van der Waals surface area contributed by atoms with Gasteiger partial charge in [0.25, 0.3) is 0 Å². The number of carbonyl (C=O) groups is 1. The fraction of sp³-hybridized carbons (Fsp3) is 0.917. The van der Waals surface area contributed by atoms with Crippen molar-refractivity contribution < 1.29 is 9.53 Å². The number of carbonyl (C=O) groups excluding carboxylic acids is 1. The van der Waals surface area contributed by atoms with Crippen molar-refractivity contribution in [3.63, 3.8) is 0 Å². The summed E-state index contributed by atoms with van der Waals surface area (Å²) < 4.78 is 4.61. The molecule has 0 aliphatic heterocycles. The fourth-order valence-electron chi connectivity index (χ4n) is 2.22. The minimum atomic E-state index is -0.114. The van der Waals surface area contributed by atoms with Crippen LogP contribution in [0.1, 0.15) is 32.1 Å². The molecular formula is C12H24N2O2. The number of methoxy groups -OCH3 is 1. The monoisotopic (exact) mass is 228 g/mol. The Morgan fingerprint density at radius 3 is 2.69 bits per heavy atom. The molecule has 0 heterocycles. The molecule has 0 atom stereocenters. The van der Waals surface area contributed by atoms with Gasteiger partial charge in [-0.2, -0.15) is 0 Å². The lowest BCUT2D eigenvalue weighted by Gasteiger charge is -2.23. The Bertz CT molecular complexity index is 227. The van der Waals surface area contributed by atoms with Gasteiger partial charge in [-0.3, -0.25) is 4.79 Å². The average molecular weight is 228 g/mol. The van der Waals surface area contributed by atoms with Crippen molar-refractivity contribution in [1.29, 1.82) is 0 Å². The Balaban J connectivity index is 2.11. The van der Waals surface area contributed by atoms with E-state index in [-0.39, 0.29) is 5.97 Å². The molecule has 1 aliphatic carbocycles. The lowest BCUT2D eigenvalue weighted by Crippen LogP contribution is -2.29. The molecule has 0 aromatic heterocycles. The van der Waals surface area contributed by atoms with E-state index in [9.17, 15) is 4.79 Å². The Morgan fingerprint density at radius 1 is 1.50 bits per heavy atom. The first-order valence-corrected chi connectivity index (χ1v) is 6.07. The second kappa shape index (κ2) is 6.21. The first kappa shape index (κ1) is 13.5. The summed E-state index contributed by atoms with van der Waals surface area (Å²) in [6.45, 7) is 2.86.